The van der Waals surface area contributed by atoms with Gasteiger partial charge < -0.3 is 4.74 Å². The minimum Gasteiger partial charge on any atom is -0.377 e. The Morgan fingerprint density at radius 2 is 2.39 bits per heavy atom. The van der Waals surface area contributed by atoms with Crippen molar-refractivity contribution in [3.63, 3.8) is 0 Å². The number of nitro groups is 1. The van der Waals surface area contributed by atoms with Gasteiger partial charge in [0.05, 0.1) is 15.9 Å². The normalized spacial score (nSPS) is 18.8. The highest BCUT2D eigenvalue weighted by Crippen LogP contribution is 2.31. The molecule has 1 aliphatic rings. The maximum atomic E-state index is 10.9. The Kier molecular flexibility index (Phi) is 4.33. The molecule has 0 aromatic heterocycles. The molecule has 1 unspecified atom stereocenters. The molecule has 0 N–H and O–H groups in total. The van der Waals surface area contributed by atoms with Crippen LogP contribution in [-0.4, -0.2) is 29.7 Å². The van der Waals surface area contributed by atoms with Crippen LogP contribution in [0.5, 0.6) is 0 Å². The minimum absolute atomic E-state index is 0.0115. The van der Waals surface area contributed by atoms with Crippen LogP contribution >= 0.6 is 11.8 Å². The van der Waals surface area contributed by atoms with E-state index in [1.807, 2.05) is 0 Å². The molecule has 1 aromatic carbocycles. The quantitative estimate of drug-likeness (QED) is 0.355. The van der Waals surface area contributed by atoms with E-state index in [9.17, 15) is 14.9 Å². The zero-order chi connectivity index (χ0) is 13.0. The summed E-state index contributed by atoms with van der Waals surface area (Å²) in [5.41, 5.74) is 0.311. The summed E-state index contributed by atoms with van der Waals surface area (Å²) in [6.45, 7) is 0.775. The van der Waals surface area contributed by atoms with Crippen molar-refractivity contribution in [1.82, 2.24) is 0 Å². The predicted octanol–water partition coefficient (Wildman–Crippen LogP) is 2.68. The van der Waals surface area contributed by atoms with Gasteiger partial charge >= 0.3 is 0 Å². The van der Waals surface area contributed by atoms with Crippen molar-refractivity contribution in [2.45, 2.75) is 23.8 Å². The number of benzene rings is 1. The van der Waals surface area contributed by atoms with E-state index in [0.29, 0.717) is 22.5 Å². The molecule has 1 aromatic rings. The molecule has 1 heterocycles. The molecule has 6 heteroatoms. The summed E-state index contributed by atoms with van der Waals surface area (Å²) in [5.74, 6) is 0.710. The third-order valence-corrected chi connectivity index (χ3v) is 3.96. The zero-order valence-corrected chi connectivity index (χ0v) is 10.5. The Morgan fingerprint density at radius 1 is 1.56 bits per heavy atom. The zero-order valence-electron chi connectivity index (χ0n) is 9.70. The summed E-state index contributed by atoms with van der Waals surface area (Å²) in [5, 5.41) is 10.9. The van der Waals surface area contributed by atoms with E-state index in [-0.39, 0.29) is 11.8 Å². The summed E-state index contributed by atoms with van der Waals surface area (Å²) in [7, 11) is 0. The maximum absolute atomic E-state index is 10.9. The lowest BCUT2D eigenvalue weighted by atomic mass is 10.2. The Morgan fingerprint density at radius 3 is 3.00 bits per heavy atom. The second kappa shape index (κ2) is 5.97. The third-order valence-electron chi connectivity index (χ3n) is 2.76. The summed E-state index contributed by atoms with van der Waals surface area (Å²) in [4.78, 5) is 21.7. The third kappa shape index (κ3) is 3.08. The number of carbonyl (C=O) groups excluding carboxylic acids is 1. The van der Waals surface area contributed by atoms with Crippen LogP contribution < -0.4 is 0 Å². The van der Waals surface area contributed by atoms with Gasteiger partial charge in [-0.1, -0.05) is 6.07 Å². The fourth-order valence-electron chi connectivity index (χ4n) is 1.83. The van der Waals surface area contributed by atoms with Crippen LogP contribution in [0.4, 0.5) is 5.69 Å². The summed E-state index contributed by atoms with van der Waals surface area (Å²) >= 11 is 1.41. The molecule has 18 heavy (non-hydrogen) atoms. The molecule has 1 atom stereocenters. The number of hydrogen-bond acceptors (Lipinski definition) is 5. The monoisotopic (exact) mass is 267 g/mol. The van der Waals surface area contributed by atoms with Gasteiger partial charge in [-0.15, -0.1) is 11.8 Å². The molecule has 1 saturated heterocycles. The van der Waals surface area contributed by atoms with E-state index in [2.05, 4.69) is 0 Å². The molecule has 0 aliphatic carbocycles. The molecule has 0 radical (unpaired) electrons. The van der Waals surface area contributed by atoms with Crippen LogP contribution in [0.1, 0.15) is 23.2 Å². The highest BCUT2D eigenvalue weighted by Gasteiger charge is 2.19. The van der Waals surface area contributed by atoms with Crippen molar-refractivity contribution in [1.29, 1.82) is 0 Å². The number of thioether (sulfide) groups is 1. The molecular weight excluding hydrogens is 254 g/mol. The Hall–Kier alpha value is -1.40. The molecule has 0 spiro atoms. The smallest absolute Gasteiger partial charge is 0.283 e. The lowest BCUT2D eigenvalue weighted by Crippen LogP contribution is -2.08. The first-order valence-corrected chi connectivity index (χ1v) is 6.67. The van der Waals surface area contributed by atoms with Crippen LogP contribution in [0.2, 0.25) is 0 Å². The van der Waals surface area contributed by atoms with Crippen molar-refractivity contribution < 1.29 is 14.5 Å². The van der Waals surface area contributed by atoms with Crippen LogP contribution in [0.25, 0.3) is 0 Å². The molecule has 2 rings (SSSR count). The van der Waals surface area contributed by atoms with Gasteiger partial charge in [0.2, 0.25) is 0 Å². The maximum Gasteiger partial charge on any atom is 0.283 e. The van der Waals surface area contributed by atoms with Crippen LogP contribution in [0, 0.1) is 10.1 Å². The first kappa shape index (κ1) is 13.0. The van der Waals surface area contributed by atoms with Crippen LogP contribution in [-0.2, 0) is 4.74 Å². The van der Waals surface area contributed by atoms with Gasteiger partial charge in [-0.2, -0.15) is 0 Å². The van der Waals surface area contributed by atoms with Gasteiger partial charge in [-0.25, -0.2) is 0 Å². The molecule has 0 amide bonds. The van der Waals surface area contributed by atoms with E-state index in [0.717, 1.165) is 19.4 Å². The van der Waals surface area contributed by atoms with Crippen molar-refractivity contribution in [2.24, 2.45) is 0 Å². The molecule has 96 valence electrons. The van der Waals surface area contributed by atoms with Gasteiger partial charge in [0.1, 0.15) is 6.29 Å². The van der Waals surface area contributed by atoms with Crippen molar-refractivity contribution in [2.75, 3.05) is 12.4 Å². The summed E-state index contributed by atoms with van der Waals surface area (Å²) < 4.78 is 5.47. The van der Waals surface area contributed by atoms with Crippen molar-refractivity contribution in [3.8, 4) is 0 Å². The highest BCUT2D eigenvalue weighted by molar-refractivity contribution is 7.99. The number of carbonyl (C=O) groups is 1. The van der Waals surface area contributed by atoms with Gasteiger partial charge in [0, 0.05) is 24.0 Å². The summed E-state index contributed by atoms with van der Waals surface area (Å²) in [6, 6.07) is 4.53. The fourth-order valence-corrected chi connectivity index (χ4v) is 2.90. The second-order valence-electron chi connectivity index (χ2n) is 4.05. The van der Waals surface area contributed by atoms with E-state index >= 15 is 0 Å². The largest absolute Gasteiger partial charge is 0.377 e. The fraction of sp³-hybridized carbons (Fsp3) is 0.417. The SMILES string of the molecule is O=Cc1ccc(SCC2CCCO2)c([N+](=O)[O-])c1. The topological polar surface area (TPSA) is 69.4 Å². The Labute approximate surface area is 109 Å². The molecule has 0 bridgehead atoms. The van der Waals surface area contributed by atoms with E-state index in [1.165, 1.54) is 17.8 Å². The number of nitro benzene ring substituents is 1. The van der Waals surface area contributed by atoms with Crippen LogP contribution in [0.3, 0.4) is 0 Å². The standard InChI is InChI=1S/C12H13NO4S/c14-7-9-3-4-12(11(6-9)13(15)16)18-8-10-2-1-5-17-10/h3-4,6-7,10H,1-2,5,8H2. The molecule has 1 fully saturated rings. The lowest BCUT2D eigenvalue weighted by Gasteiger charge is -2.08. The lowest BCUT2D eigenvalue weighted by molar-refractivity contribution is -0.387. The highest BCUT2D eigenvalue weighted by atomic mass is 32.2. The number of rotatable bonds is 5. The van der Waals surface area contributed by atoms with Gasteiger partial charge in [-0.3, -0.25) is 14.9 Å². The second-order valence-corrected chi connectivity index (χ2v) is 5.11. The van der Waals surface area contributed by atoms with Gasteiger partial charge in [-0.05, 0) is 18.9 Å². The molecule has 0 saturated carbocycles. The number of nitrogens with zero attached hydrogens (tertiary/aromatic N) is 1. The van der Waals surface area contributed by atoms with Crippen LogP contribution in [0.15, 0.2) is 23.1 Å². The average Bonchev–Trinajstić information content (AvgIpc) is 2.89. The average molecular weight is 267 g/mol. The molecular formula is C12H13NO4S. The molecule has 1 aliphatic heterocycles. The van der Waals surface area contributed by atoms with E-state index in [4.69, 9.17) is 4.74 Å². The predicted molar refractivity (Wildman–Crippen MR) is 68.2 cm³/mol. The van der Waals surface area contributed by atoms with Gasteiger partial charge in [0.15, 0.2) is 0 Å². The minimum atomic E-state index is -0.454. The van der Waals surface area contributed by atoms with E-state index < -0.39 is 4.92 Å². The summed E-state index contributed by atoms with van der Waals surface area (Å²) in [6.07, 6.45) is 2.85. The molecule has 5 nitrogen and oxygen atoms in total. The first-order valence-electron chi connectivity index (χ1n) is 5.68. The number of aldehydes is 1. The number of hydrogen-bond donors (Lipinski definition) is 0. The van der Waals surface area contributed by atoms with E-state index in [1.54, 1.807) is 12.1 Å². The van der Waals surface area contributed by atoms with Crippen molar-refractivity contribution in [3.05, 3.63) is 33.9 Å². The Bertz CT molecular complexity index is 457. The Balaban J connectivity index is 2.10. The van der Waals surface area contributed by atoms with Gasteiger partial charge in [0.25, 0.3) is 5.69 Å². The first-order chi connectivity index (χ1) is 8.70. The number of ether oxygens (including phenoxy) is 1. The van der Waals surface area contributed by atoms with Crippen molar-refractivity contribution >= 4 is 23.7 Å².